The largest absolute Gasteiger partial charge is 0.373 e. The molecule has 3 fully saturated rings. The molecule has 9 nitrogen and oxygen atoms in total. The smallest absolute Gasteiger partial charge is 0.244 e. The summed E-state index contributed by atoms with van der Waals surface area (Å²) >= 11 is 0. The Labute approximate surface area is 153 Å². The Morgan fingerprint density at radius 1 is 1.19 bits per heavy atom. The molecule has 3 unspecified atom stereocenters. The van der Waals surface area contributed by atoms with Gasteiger partial charge in [0.2, 0.25) is 5.91 Å². The molecule has 4 heterocycles. The van der Waals surface area contributed by atoms with Gasteiger partial charge in [-0.05, 0) is 43.0 Å². The summed E-state index contributed by atoms with van der Waals surface area (Å²) in [5.41, 5.74) is 0. The van der Waals surface area contributed by atoms with Crippen molar-refractivity contribution in [2.24, 2.45) is 5.92 Å². The summed E-state index contributed by atoms with van der Waals surface area (Å²) in [6, 6.07) is 0. The molecule has 0 aliphatic carbocycles. The molecule has 144 valence electrons. The highest BCUT2D eigenvalue weighted by molar-refractivity contribution is 5.76. The summed E-state index contributed by atoms with van der Waals surface area (Å²) in [4.78, 5) is 16.8. The molecule has 0 aromatic carbocycles. The van der Waals surface area contributed by atoms with Crippen molar-refractivity contribution in [3.63, 3.8) is 0 Å². The molecule has 5 atom stereocenters. The molecular weight excluding hydrogens is 336 g/mol. The van der Waals surface area contributed by atoms with E-state index < -0.39 is 0 Å². The number of tetrazole rings is 1. The Morgan fingerprint density at radius 2 is 2.00 bits per heavy atom. The lowest BCUT2D eigenvalue weighted by Gasteiger charge is -2.36. The lowest BCUT2D eigenvalue weighted by Crippen LogP contribution is -2.48. The molecule has 0 radical (unpaired) electrons. The number of nitrogens with zero attached hydrogens (tertiary/aromatic N) is 6. The second kappa shape index (κ2) is 7.58. The second-order valence-corrected chi connectivity index (χ2v) is 7.90. The van der Waals surface area contributed by atoms with E-state index in [1.165, 1.54) is 11.0 Å². The zero-order valence-corrected chi connectivity index (χ0v) is 15.5. The number of morpholine rings is 1. The maximum absolute atomic E-state index is 12.5. The lowest BCUT2D eigenvalue weighted by molar-refractivity contribution is -0.136. The first-order chi connectivity index (χ1) is 12.6. The predicted octanol–water partition coefficient (Wildman–Crippen LogP) is -0.212. The van der Waals surface area contributed by atoms with Crippen LogP contribution in [0.1, 0.15) is 26.7 Å². The van der Waals surface area contributed by atoms with Crippen LogP contribution in [0.2, 0.25) is 0 Å². The molecule has 26 heavy (non-hydrogen) atoms. The molecule has 3 aliphatic rings. The van der Waals surface area contributed by atoms with Crippen molar-refractivity contribution in [3.8, 4) is 0 Å². The summed E-state index contributed by atoms with van der Waals surface area (Å²) in [5.74, 6) is 0.617. The molecular formula is C17H28N6O3. The molecule has 3 saturated heterocycles. The van der Waals surface area contributed by atoms with Gasteiger partial charge in [0.15, 0.2) is 0 Å². The molecule has 9 heteroatoms. The van der Waals surface area contributed by atoms with E-state index in [9.17, 15) is 4.79 Å². The van der Waals surface area contributed by atoms with Crippen LogP contribution in [-0.4, -0.2) is 93.1 Å². The Kier molecular flexibility index (Phi) is 5.19. The van der Waals surface area contributed by atoms with Crippen molar-refractivity contribution < 1.29 is 14.3 Å². The number of ether oxygens (including phenoxy) is 2. The molecule has 1 amide bonds. The van der Waals surface area contributed by atoms with E-state index in [0.717, 1.165) is 39.0 Å². The van der Waals surface area contributed by atoms with Crippen LogP contribution in [0.3, 0.4) is 0 Å². The standard InChI is InChI=1S/C17H28N6O3/c1-12-6-21(7-13(2)25-12)8-15-5-14-3-4-22(9-16(14)26-15)17(24)10-23-11-18-19-20-23/h11-16H,3-10H2,1-2H3/t12?,13?,14-,15?,16-/m0/s1. The van der Waals surface area contributed by atoms with Gasteiger partial charge >= 0.3 is 0 Å². The van der Waals surface area contributed by atoms with Crippen molar-refractivity contribution in [3.05, 3.63) is 6.33 Å². The number of carbonyl (C=O) groups excluding carboxylic acids is 1. The van der Waals surface area contributed by atoms with Gasteiger partial charge in [-0.1, -0.05) is 0 Å². The van der Waals surface area contributed by atoms with Crippen LogP contribution in [0.4, 0.5) is 0 Å². The average molecular weight is 364 g/mol. The fourth-order valence-electron chi connectivity index (χ4n) is 4.59. The van der Waals surface area contributed by atoms with Crippen molar-refractivity contribution in [1.29, 1.82) is 0 Å². The number of hydrogen-bond acceptors (Lipinski definition) is 7. The van der Waals surface area contributed by atoms with E-state index in [4.69, 9.17) is 9.47 Å². The van der Waals surface area contributed by atoms with Crippen LogP contribution in [0.25, 0.3) is 0 Å². The van der Waals surface area contributed by atoms with Crippen LogP contribution in [-0.2, 0) is 20.8 Å². The zero-order chi connectivity index (χ0) is 18.1. The van der Waals surface area contributed by atoms with Gasteiger partial charge in [-0.15, -0.1) is 5.10 Å². The van der Waals surface area contributed by atoms with Gasteiger partial charge in [-0.25, -0.2) is 4.68 Å². The van der Waals surface area contributed by atoms with E-state index >= 15 is 0 Å². The monoisotopic (exact) mass is 364 g/mol. The maximum Gasteiger partial charge on any atom is 0.244 e. The van der Waals surface area contributed by atoms with Crippen LogP contribution in [0.5, 0.6) is 0 Å². The van der Waals surface area contributed by atoms with Crippen LogP contribution in [0, 0.1) is 5.92 Å². The van der Waals surface area contributed by atoms with Crippen molar-refractivity contribution in [2.45, 2.75) is 57.6 Å². The third-order valence-corrected chi connectivity index (χ3v) is 5.63. The highest BCUT2D eigenvalue weighted by Crippen LogP contribution is 2.34. The molecule has 1 aromatic rings. The molecule has 0 saturated carbocycles. The molecule has 0 N–H and O–H groups in total. The SMILES string of the molecule is CC1CN(CC2C[C@@H]3CCN(C(=O)Cn4cnnn4)C[C@@H]3O2)CC(C)O1. The number of aromatic nitrogens is 4. The van der Waals surface area contributed by atoms with Gasteiger partial charge in [0.05, 0.1) is 24.4 Å². The highest BCUT2D eigenvalue weighted by atomic mass is 16.5. The number of hydrogen-bond donors (Lipinski definition) is 0. The first kappa shape index (κ1) is 17.8. The van der Waals surface area contributed by atoms with Crippen LogP contribution in [0.15, 0.2) is 6.33 Å². The highest BCUT2D eigenvalue weighted by Gasteiger charge is 2.41. The minimum atomic E-state index is 0.0543. The van der Waals surface area contributed by atoms with Gasteiger partial charge in [0, 0.05) is 32.7 Å². The summed E-state index contributed by atoms with van der Waals surface area (Å²) in [6.07, 6.45) is 4.55. The predicted molar refractivity (Wildman–Crippen MR) is 92.2 cm³/mol. The van der Waals surface area contributed by atoms with Crippen molar-refractivity contribution in [1.82, 2.24) is 30.0 Å². The number of fused-ring (bicyclic) bond motifs is 1. The normalized spacial score (nSPS) is 35.5. The zero-order valence-electron chi connectivity index (χ0n) is 15.5. The van der Waals surface area contributed by atoms with Crippen molar-refractivity contribution >= 4 is 5.91 Å². The summed E-state index contributed by atoms with van der Waals surface area (Å²) in [6.45, 7) is 8.83. The first-order valence-electron chi connectivity index (χ1n) is 9.58. The van der Waals surface area contributed by atoms with Crippen LogP contribution < -0.4 is 0 Å². The quantitative estimate of drug-likeness (QED) is 0.731. The van der Waals surface area contributed by atoms with Crippen molar-refractivity contribution in [2.75, 3.05) is 32.7 Å². The number of likely N-dealkylation sites (tertiary alicyclic amines) is 1. The van der Waals surface area contributed by atoms with E-state index in [0.29, 0.717) is 12.5 Å². The Morgan fingerprint density at radius 3 is 2.73 bits per heavy atom. The van der Waals surface area contributed by atoms with Gasteiger partial charge in [-0.2, -0.15) is 0 Å². The molecule has 3 aliphatic heterocycles. The van der Waals surface area contributed by atoms with Gasteiger partial charge in [0.25, 0.3) is 0 Å². The summed E-state index contributed by atoms with van der Waals surface area (Å²) in [5, 5.41) is 10.9. The number of amides is 1. The summed E-state index contributed by atoms with van der Waals surface area (Å²) < 4.78 is 13.6. The Bertz CT molecular complexity index is 602. The van der Waals surface area contributed by atoms with E-state index in [1.54, 1.807) is 0 Å². The van der Waals surface area contributed by atoms with Gasteiger partial charge in [-0.3, -0.25) is 9.69 Å². The second-order valence-electron chi connectivity index (χ2n) is 7.90. The molecule has 0 bridgehead atoms. The average Bonchev–Trinajstić information content (AvgIpc) is 3.21. The fourth-order valence-corrected chi connectivity index (χ4v) is 4.59. The van der Waals surface area contributed by atoms with E-state index in [1.807, 2.05) is 4.90 Å². The fraction of sp³-hybridized carbons (Fsp3) is 0.882. The Balaban J connectivity index is 1.28. The molecule has 0 spiro atoms. The van der Waals surface area contributed by atoms with Gasteiger partial charge < -0.3 is 14.4 Å². The first-order valence-corrected chi connectivity index (χ1v) is 9.58. The maximum atomic E-state index is 12.5. The topological polar surface area (TPSA) is 85.6 Å². The lowest BCUT2D eigenvalue weighted by atomic mass is 9.91. The molecule has 1 aromatic heterocycles. The third kappa shape index (κ3) is 4.05. The molecule has 4 rings (SSSR count). The third-order valence-electron chi connectivity index (χ3n) is 5.63. The van der Waals surface area contributed by atoms with Crippen LogP contribution >= 0.6 is 0 Å². The van der Waals surface area contributed by atoms with E-state index in [2.05, 4.69) is 34.3 Å². The number of rotatable bonds is 4. The summed E-state index contributed by atoms with van der Waals surface area (Å²) in [7, 11) is 0. The Hall–Kier alpha value is -1.58. The minimum absolute atomic E-state index is 0.0543. The number of piperidine rings is 1. The number of carbonyl (C=O) groups is 1. The minimum Gasteiger partial charge on any atom is -0.373 e. The van der Waals surface area contributed by atoms with Gasteiger partial charge in [0.1, 0.15) is 12.9 Å². The van der Waals surface area contributed by atoms with E-state index in [-0.39, 0.29) is 36.9 Å².